The zero-order chi connectivity index (χ0) is 49.3. The number of hydrogen-bond acceptors (Lipinski definition) is 6. The SMILES string of the molecule is CC/C=C\C/C=C\C/C=C\C/C=C\C/C=C\C/C=C\C/C=C\C/C=C\CCCCC(=O)OCC(COC(=O)CCCCCCCC)OC(=O)CCC/C=C\C/C=C\C/C=C\C/C=C\C/C=C\CC. The Labute approximate surface area is 416 Å². The summed E-state index contributed by atoms with van der Waals surface area (Å²) in [6, 6.07) is 0. The summed E-state index contributed by atoms with van der Waals surface area (Å²) in [4.78, 5) is 37.7. The molecule has 6 heteroatoms. The first-order valence-corrected chi connectivity index (χ1v) is 26.5. The largest absolute Gasteiger partial charge is 0.462 e. The van der Waals surface area contributed by atoms with Crippen LogP contribution in [-0.2, 0) is 28.6 Å². The van der Waals surface area contributed by atoms with E-state index in [1.165, 1.54) is 19.3 Å². The van der Waals surface area contributed by atoms with Crippen molar-refractivity contribution in [2.24, 2.45) is 0 Å². The predicted molar refractivity (Wildman–Crippen MR) is 292 cm³/mol. The number of hydrogen-bond donors (Lipinski definition) is 0. The molecule has 0 aliphatic heterocycles. The number of allylic oxidation sites excluding steroid dienone is 26. The number of carbonyl (C=O) groups is 3. The molecular formula is C62H94O6. The Balaban J connectivity index is 4.38. The van der Waals surface area contributed by atoms with E-state index in [4.69, 9.17) is 14.2 Å². The van der Waals surface area contributed by atoms with Crippen molar-refractivity contribution in [2.75, 3.05) is 13.2 Å². The van der Waals surface area contributed by atoms with Crippen molar-refractivity contribution in [1.29, 1.82) is 0 Å². The minimum atomic E-state index is -0.830. The highest BCUT2D eigenvalue weighted by Gasteiger charge is 2.19. The highest BCUT2D eigenvalue weighted by atomic mass is 16.6. The van der Waals surface area contributed by atoms with Crippen LogP contribution >= 0.6 is 0 Å². The third-order valence-corrected chi connectivity index (χ3v) is 10.3. The maximum absolute atomic E-state index is 12.7. The van der Waals surface area contributed by atoms with Crippen molar-refractivity contribution in [2.45, 2.75) is 200 Å². The van der Waals surface area contributed by atoms with Crippen LogP contribution in [0.4, 0.5) is 0 Å². The summed E-state index contributed by atoms with van der Waals surface area (Å²) < 4.78 is 16.6. The van der Waals surface area contributed by atoms with Crippen LogP contribution in [0.3, 0.4) is 0 Å². The van der Waals surface area contributed by atoms with Gasteiger partial charge in [0, 0.05) is 19.3 Å². The fourth-order valence-electron chi connectivity index (χ4n) is 6.37. The molecule has 0 aliphatic carbocycles. The van der Waals surface area contributed by atoms with E-state index in [2.05, 4.69) is 179 Å². The second-order valence-corrected chi connectivity index (χ2v) is 16.7. The quantitative estimate of drug-likeness (QED) is 0.0262. The van der Waals surface area contributed by atoms with Crippen molar-refractivity contribution in [3.63, 3.8) is 0 Å². The standard InChI is InChI=1S/C62H94O6/c1-4-7-10-13-16-18-20-22-24-26-27-28-29-30-31-32-33-34-35-37-38-40-42-44-46-49-52-55-61(64)67-58-59(57-66-60(63)54-51-48-15-12-9-6-3)68-62(65)56-53-50-47-45-43-41-39-36-25-23-21-19-17-14-11-8-5-2/h7-8,10-11,16-19,22-25,27-28,30-31,33-34,37-39,41-42,44-45,47,59H,4-6,9,12-15,20-21,26,29,32,35-36,40,43,46,48-58H2,1-3H3/b10-7-,11-8-,18-16-,19-17-,24-22-,25-23-,28-27-,31-30-,34-33-,38-37-,41-39-,44-42-,47-45-. The number of carbonyl (C=O) groups excluding carboxylic acids is 3. The van der Waals surface area contributed by atoms with Gasteiger partial charge in [0.1, 0.15) is 13.2 Å². The second kappa shape index (κ2) is 54.6. The van der Waals surface area contributed by atoms with Gasteiger partial charge in [0.25, 0.3) is 0 Å². The van der Waals surface area contributed by atoms with E-state index in [1.807, 2.05) is 0 Å². The molecule has 0 aromatic heterocycles. The summed E-state index contributed by atoms with van der Waals surface area (Å²) in [5.41, 5.74) is 0. The lowest BCUT2D eigenvalue weighted by Crippen LogP contribution is -2.30. The summed E-state index contributed by atoms with van der Waals surface area (Å²) in [5, 5.41) is 0. The summed E-state index contributed by atoms with van der Waals surface area (Å²) in [6.45, 7) is 6.23. The van der Waals surface area contributed by atoms with E-state index in [9.17, 15) is 14.4 Å². The Morgan fingerprint density at radius 1 is 0.309 bits per heavy atom. The monoisotopic (exact) mass is 935 g/mol. The molecule has 68 heavy (non-hydrogen) atoms. The first kappa shape index (κ1) is 63.0. The molecule has 0 bridgehead atoms. The molecule has 0 aromatic rings. The lowest BCUT2D eigenvalue weighted by molar-refractivity contribution is -0.167. The van der Waals surface area contributed by atoms with E-state index >= 15 is 0 Å². The molecule has 0 spiro atoms. The third kappa shape index (κ3) is 52.0. The molecule has 378 valence electrons. The second-order valence-electron chi connectivity index (χ2n) is 16.7. The van der Waals surface area contributed by atoms with E-state index in [-0.39, 0.29) is 44.0 Å². The molecule has 6 nitrogen and oxygen atoms in total. The van der Waals surface area contributed by atoms with Crippen molar-refractivity contribution >= 4 is 17.9 Å². The minimum absolute atomic E-state index is 0.122. The average Bonchev–Trinajstić information content (AvgIpc) is 3.34. The van der Waals surface area contributed by atoms with Gasteiger partial charge in [-0.15, -0.1) is 0 Å². The summed E-state index contributed by atoms with van der Waals surface area (Å²) in [7, 11) is 0. The van der Waals surface area contributed by atoms with Gasteiger partial charge in [-0.25, -0.2) is 0 Å². The average molecular weight is 935 g/mol. The third-order valence-electron chi connectivity index (χ3n) is 10.3. The molecule has 1 unspecified atom stereocenters. The molecule has 0 rings (SSSR count). The molecule has 0 aromatic carbocycles. The van der Waals surface area contributed by atoms with E-state index in [1.54, 1.807) is 0 Å². The van der Waals surface area contributed by atoms with Crippen molar-refractivity contribution in [3.05, 3.63) is 158 Å². The number of unbranched alkanes of at least 4 members (excludes halogenated alkanes) is 8. The Bertz CT molecular complexity index is 1590. The molecule has 0 heterocycles. The number of rotatable bonds is 45. The van der Waals surface area contributed by atoms with Crippen LogP contribution in [-0.4, -0.2) is 37.2 Å². The number of ether oxygens (including phenoxy) is 3. The lowest BCUT2D eigenvalue weighted by Gasteiger charge is -2.18. The van der Waals surface area contributed by atoms with Crippen LogP contribution in [0, 0.1) is 0 Å². The van der Waals surface area contributed by atoms with Crippen molar-refractivity contribution < 1.29 is 28.6 Å². The fraction of sp³-hybridized carbons (Fsp3) is 0.532. The first-order chi connectivity index (χ1) is 33.5. The maximum Gasteiger partial charge on any atom is 0.306 e. The topological polar surface area (TPSA) is 78.9 Å². The molecule has 0 aliphatic rings. The van der Waals surface area contributed by atoms with Gasteiger partial charge in [-0.2, -0.15) is 0 Å². The minimum Gasteiger partial charge on any atom is -0.462 e. The molecule has 0 N–H and O–H groups in total. The zero-order valence-electron chi connectivity index (χ0n) is 43.0. The lowest BCUT2D eigenvalue weighted by atomic mass is 10.1. The summed E-state index contributed by atoms with van der Waals surface area (Å²) >= 11 is 0. The van der Waals surface area contributed by atoms with E-state index in [0.29, 0.717) is 19.3 Å². The fourth-order valence-corrected chi connectivity index (χ4v) is 6.37. The van der Waals surface area contributed by atoms with Crippen LogP contribution in [0.2, 0.25) is 0 Å². The van der Waals surface area contributed by atoms with Crippen LogP contribution in [0.1, 0.15) is 194 Å². The molecular weight excluding hydrogens is 841 g/mol. The van der Waals surface area contributed by atoms with Gasteiger partial charge in [0.2, 0.25) is 0 Å². The Kier molecular flexibility index (Phi) is 50.6. The molecule has 0 amide bonds. The highest BCUT2D eigenvalue weighted by Crippen LogP contribution is 2.10. The number of esters is 3. The molecule has 1 atom stereocenters. The van der Waals surface area contributed by atoms with Gasteiger partial charge < -0.3 is 14.2 Å². The van der Waals surface area contributed by atoms with E-state index < -0.39 is 6.10 Å². The van der Waals surface area contributed by atoms with Gasteiger partial charge in [-0.05, 0) is 122 Å². The molecule has 0 fully saturated rings. The molecule has 0 saturated carbocycles. The first-order valence-electron chi connectivity index (χ1n) is 26.5. The van der Waals surface area contributed by atoms with Crippen molar-refractivity contribution in [1.82, 2.24) is 0 Å². The summed E-state index contributed by atoms with van der Waals surface area (Å²) in [5.74, 6) is -1.05. The van der Waals surface area contributed by atoms with Crippen LogP contribution in [0.15, 0.2) is 158 Å². The maximum atomic E-state index is 12.7. The normalized spacial score (nSPS) is 13.4. The Morgan fingerprint density at radius 2 is 0.588 bits per heavy atom. The summed E-state index contributed by atoms with van der Waals surface area (Å²) in [6.07, 6.45) is 79.8. The van der Waals surface area contributed by atoms with Crippen LogP contribution in [0.5, 0.6) is 0 Å². The molecule has 0 saturated heterocycles. The smallest absolute Gasteiger partial charge is 0.306 e. The zero-order valence-corrected chi connectivity index (χ0v) is 43.0. The van der Waals surface area contributed by atoms with Gasteiger partial charge in [-0.1, -0.05) is 211 Å². The highest BCUT2D eigenvalue weighted by molar-refractivity contribution is 5.71. The van der Waals surface area contributed by atoms with Gasteiger partial charge >= 0.3 is 17.9 Å². The predicted octanol–water partition coefficient (Wildman–Crippen LogP) is 17.8. The Morgan fingerprint density at radius 3 is 0.941 bits per heavy atom. The van der Waals surface area contributed by atoms with Crippen LogP contribution < -0.4 is 0 Å². The van der Waals surface area contributed by atoms with Crippen LogP contribution in [0.25, 0.3) is 0 Å². The van der Waals surface area contributed by atoms with Gasteiger partial charge in [0.15, 0.2) is 6.10 Å². The van der Waals surface area contributed by atoms with Gasteiger partial charge in [-0.3, -0.25) is 14.4 Å². The Hall–Kier alpha value is -4.97. The molecule has 0 radical (unpaired) electrons. The van der Waals surface area contributed by atoms with Gasteiger partial charge in [0.05, 0.1) is 0 Å². The van der Waals surface area contributed by atoms with Crippen molar-refractivity contribution in [3.8, 4) is 0 Å². The van der Waals surface area contributed by atoms with E-state index in [0.717, 1.165) is 122 Å².